The molecule has 1 fully saturated rings. The normalized spacial score (nSPS) is 23.9. The molecular weight excluding hydrogens is 282 g/mol. The predicted octanol–water partition coefficient (Wildman–Crippen LogP) is 0.626. The number of sulfone groups is 1. The molecule has 0 bridgehead atoms. The third-order valence-electron chi connectivity index (χ3n) is 3.29. The van der Waals surface area contributed by atoms with Crippen LogP contribution in [-0.4, -0.2) is 54.9 Å². The van der Waals surface area contributed by atoms with Crippen LogP contribution in [0.4, 0.5) is 0 Å². The summed E-state index contributed by atoms with van der Waals surface area (Å²) in [5, 5.41) is 9.05. The van der Waals surface area contributed by atoms with Crippen LogP contribution in [0.2, 0.25) is 0 Å². The minimum absolute atomic E-state index is 0.0233. The lowest BCUT2D eigenvalue weighted by atomic mass is 9.90. The van der Waals surface area contributed by atoms with Crippen molar-refractivity contribution in [3.8, 4) is 0 Å². The number of carbonyl (C=O) groups excluding carboxylic acids is 1. The first-order valence-electron chi connectivity index (χ1n) is 6.81. The first-order valence-corrected chi connectivity index (χ1v) is 8.64. The van der Waals surface area contributed by atoms with E-state index in [-0.39, 0.29) is 24.1 Å². The van der Waals surface area contributed by atoms with Crippen molar-refractivity contribution in [1.29, 1.82) is 0 Å². The molecule has 0 aromatic heterocycles. The van der Waals surface area contributed by atoms with Gasteiger partial charge in [0.1, 0.15) is 5.75 Å². The lowest BCUT2D eigenvalue weighted by molar-refractivity contribution is -0.146. The summed E-state index contributed by atoms with van der Waals surface area (Å²) in [4.78, 5) is 24.5. The van der Waals surface area contributed by atoms with Crippen LogP contribution in [0.5, 0.6) is 0 Å². The smallest absolute Gasteiger partial charge is 0.308 e. The van der Waals surface area contributed by atoms with Gasteiger partial charge < -0.3 is 10.0 Å². The number of hydrogen-bond donors (Lipinski definition) is 1. The topological polar surface area (TPSA) is 91.8 Å². The van der Waals surface area contributed by atoms with Crippen LogP contribution < -0.4 is 0 Å². The number of carbonyl (C=O) groups is 2. The van der Waals surface area contributed by atoms with Crippen molar-refractivity contribution in [3.63, 3.8) is 0 Å². The molecule has 0 aliphatic carbocycles. The molecule has 1 saturated heterocycles. The fourth-order valence-electron chi connectivity index (χ4n) is 2.58. The van der Waals surface area contributed by atoms with Crippen LogP contribution >= 0.6 is 0 Å². The molecule has 1 heterocycles. The third kappa shape index (κ3) is 5.11. The van der Waals surface area contributed by atoms with Gasteiger partial charge in [-0.3, -0.25) is 9.59 Å². The number of aliphatic carboxylic acids is 1. The number of rotatable bonds is 5. The first kappa shape index (κ1) is 16.9. The van der Waals surface area contributed by atoms with Gasteiger partial charge in [-0.15, -0.1) is 0 Å². The highest BCUT2D eigenvalue weighted by Crippen LogP contribution is 2.22. The molecule has 1 N–H and O–H groups in total. The molecule has 0 aromatic rings. The summed E-state index contributed by atoms with van der Waals surface area (Å²) >= 11 is 0. The zero-order valence-electron chi connectivity index (χ0n) is 12.2. The summed E-state index contributed by atoms with van der Waals surface area (Å²) in [6.07, 6.45) is 0.526. The average molecular weight is 305 g/mol. The fraction of sp³-hybridized carbons (Fsp3) is 0.846. The highest BCUT2D eigenvalue weighted by Gasteiger charge is 2.33. The lowest BCUT2D eigenvalue weighted by Crippen LogP contribution is -2.47. The van der Waals surface area contributed by atoms with Gasteiger partial charge in [0.25, 0.3) is 0 Å². The monoisotopic (exact) mass is 305 g/mol. The summed E-state index contributed by atoms with van der Waals surface area (Å²) in [7, 11) is -3.42. The van der Waals surface area contributed by atoms with Crippen molar-refractivity contribution >= 4 is 21.7 Å². The molecule has 0 spiro atoms. The van der Waals surface area contributed by atoms with Crippen LogP contribution in [0.15, 0.2) is 0 Å². The number of amides is 1. The van der Waals surface area contributed by atoms with Gasteiger partial charge in [0.15, 0.2) is 9.84 Å². The highest BCUT2D eigenvalue weighted by molar-refractivity contribution is 7.92. The second-order valence-corrected chi connectivity index (χ2v) is 8.23. The molecule has 7 heteroatoms. The number of hydrogen-bond acceptors (Lipinski definition) is 4. The van der Waals surface area contributed by atoms with E-state index in [1.165, 1.54) is 4.90 Å². The molecule has 2 atom stereocenters. The van der Waals surface area contributed by atoms with E-state index in [1.54, 1.807) is 13.8 Å². The van der Waals surface area contributed by atoms with E-state index in [2.05, 4.69) is 0 Å². The first-order chi connectivity index (χ1) is 9.10. The maximum Gasteiger partial charge on any atom is 0.308 e. The zero-order chi connectivity index (χ0) is 15.5. The number of carboxylic acid groups (broad SMARTS) is 1. The lowest BCUT2D eigenvalue weighted by Gasteiger charge is -2.34. The van der Waals surface area contributed by atoms with Crippen molar-refractivity contribution < 1.29 is 23.1 Å². The Hall–Kier alpha value is -1.11. The van der Waals surface area contributed by atoms with Crippen LogP contribution in [-0.2, 0) is 19.4 Å². The highest BCUT2D eigenvalue weighted by atomic mass is 32.2. The maximum absolute atomic E-state index is 12.1. The Morgan fingerprint density at radius 2 is 1.90 bits per heavy atom. The largest absolute Gasteiger partial charge is 0.481 e. The number of piperidine rings is 1. The molecule has 0 saturated carbocycles. The zero-order valence-corrected chi connectivity index (χ0v) is 13.0. The molecule has 1 aliphatic rings. The Morgan fingerprint density at radius 3 is 2.40 bits per heavy atom. The van der Waals surface area contributed by atoms with Crippen molar-refractivity contribution in [3.05, 3.63) is 0 Å². The van der Waals surface area contributed by atoms with Gasteiger partial charge in [-0.05, 0) is 18.3 Å². The fourth-order valence-corrected chi connectivity index (χ4v) is 4.27. The van der Waals surface area contributed by atoms with Crippen molar-refractivity contribution in [2.45, 2.75) is 27.2 Å². The van der Waals surface area contributed by atoms with E-state index in [9.17, 15) is 18.0 Å². The van der Waals surface area contributed by atoms with Gasteiger partial charge in [0.05, 0.1) is 11.7 Å². The summed E-state index contributed by atoms with van der Waals surface area (Å²) < 4.78 is 23.7. The van der Waals surface area contributed by atoms with Gasteiger partial charge in [-0.2, -0.15) is 0 Å². The Labute approximate surface area is 120 Å². The summed E-state index contributed by atoms with van der Waals surface area (Å²) in [6.45, 7) is 5.98. The van der Waals surface area contributed by atoms with Crippen LogP contribution in [0.25, 0.3) is 0 Å². The predicted molar refractivity (Wildman–Crippen MR) is 75.0 cm³/mol. The average Bonchev–Trinajstić information content (AvgIpc) is 2.25. The molecule has 0 radical (unpaired) electrons. The summed E-state index contributed by atoms with van der Waals surface area (Å²) in [5.74, 6) is -2.52. The summed E-state index contributed by atoms with van der Waals surface area (Å²) in [5.41, 5.74) is 0. The Bertz CT molecular complexity index is 471. The van der Waals surface area contributed by atoms with Crippen molar-refractivity contribution in [2.24, 2.45) is 17.8 Å². The Kier molecular flexibility index (Phi) is 5.56. The Morgan fingerprint density at radius 1 is 1.30 bits per heavy atom. The van der Waals surface area contributed by atoms with Gasteiger partial charge in [-0.1, -0.05) is 20.8 Å². The van der Waals surface area contributed by atoms with Crippen molar-refractivity contribution in [2.75, 3.05) is 24.6 Å². The third-order valence-corrected chi connectivity index (χ3v) is 5.15. The van der Waals surface area contributed by atoms with Gasteiger partial charge in [0.2, 0.25) is 5.91 Å². The molecule has 6 nitrogen and oxygen atoms in total. The van der Waals surface area contributed by atoms with Gasteiger partial charge in [-0.25, -0.2) is 8.42 Å². The van der Waals surface area contributed by atoms with Crippen LogP contribution in [0.1, 0.15) is 27.2 Å². The maximum atomic E-state index is 12.1. The molecule has 0 aromatic carbocycles. The summed E-state index contributed by atoms with van der Waals surface area (Å²) in [6, 6.07) is 0. The van der Waals surface area contributed by atoms with E-state index >= 15 is 0 Å². The van der Waals surface area contributed by atoms with Gasteiger partial charge in [0, 0.05) is 13.1 Å². The molecule has 116 valence electrons. The van der Waals surface area contributed by atoms with Crippen LogP contribution in [0, 0.1) is 17.8 Å². The van der Waals surface area contributed by atoms with E-state index in [1.807, 2.05) is 6.92 Å². The van der Waals surface area contributed by atoms with E-state index in [0.717, 1.165) is 0 Å². The van der Waals surface area contributed by atoms with E-state index in [4.69, 9.17) is 5.11 Å². The number of likely N-dealkylation sites (tertiary alicyclic amines) is 1. The minimum Gasteiger partial charge on any atom is -0.481 e. The second-order valence-electron chi connectivity index (χ2n) is 6.12. The molecule has 20 heavy (non-hydrogen) atoms. The number of carboxylic acids is 1. The molecule has 1 aliphatic heterocycles. The standard InChI is InChI=1S/C13H23NO5S/c1-9(2)7-20(18,19)8-12(15)14-5-10(3)4-11(6-14)13(16)17/h9-11H,4-8H2,1-3H3,(H,16,17). The molecule has 2 unspecified atom stereocenters. The van der Waals surface area contributed by atoms with Crippen LogP contribution in [0.3, 0.4) is 0 Å². The molecule has 1 amide bonds. The van der Waals surface area contributed by atoms with E-state index < -0.39 is 33.4 Å². The SMILES string of the molecule is CC(C)CS(=O)(=O)CC(=O)N1CC(C)CC(C(=O)O)C1. The van der Waals surface area contributed by atoms with E-state index in [0.29, 0.717) is 13.0 Å². The quantitative estimate of drug-likeness (QED) is 0.804. The van der Waals surface area contributed by atoms with Gasteiger partial charge >= 0.3 is 5.97 Å². The second kappa shape index (κ2) is 6.56. The Balaban J connectivity index is 2.69. The van der Waals surface area contributed by atoms with Crippen molar-refractivity contribution in [1.82, 2.24) is 4.90 Å². The molecular formula is C13H23NO5S. The molecule has 1 rings (SSSR count). The minimum atomic E-state index is -3.42. The number of nitrogens with zero attached hydrogens (tertiary/aromatic N) is 1.